The van der Waals surface area contributed by atoms with Crippen molar-refractivity contribution in [2.45, 2.75) is 115 Å². The predicted molar refractivity (Wildman–Crippen MR) is 158 cm³/mol. The van der Waals surface area contributed by atoms with Gasteiger partial charge in [-0.1, -0.05) is 44.4 Å². The van der Waals surface area contributed by atoms with E-state index >= 15 is 13.2 Å². The maximum Gasteiger partial charge on any atom is 0.573 e. The molecule has 1 heterocycles. The van der Waals surface area contributed by atoms with Crippen molar-refractivity contribution in [2.24, 2.45) is 17.8 Å². The monoisotopic (exact) mass is 660 g/mol. The van der Waals surface area contributed by atoms with Gasteiger partial charge in [0.1, 0.15) is 5.82 Å². The molecule has 5 rings (SSSR count). The highest BCUT2D eigenvalue weighted by Gasteiger charge is 2.46. The molecule has 2 aromatic carbocycles. The Kier molecular flexibility index (Phi) is 11.6. The highest BCUT2D eigenvalue weighted by Crippen LogP contribution is 2.44. The molecule has 1 aliphatic heterocycles. The van der Waals surface area contributed by atoms with Gasteiger partial charge in [0.2, 0.25) is 0 Å². The lowest BCUT2D eigenvalue weighted by Crippen LogP contribution is -2.42. The van der Waals surface area contributed by atoms with Crippen molar-refractivity contribution >= 4 is 0 Å². The van der Waals surface area contributed by atoms with Gasteiger partial charge in [0.05, 0.1) is 25.2 Å². The average molecular weight is 661 g/mol. The minimum Gasteiger partial charge on any atom is -0.403 e. The van der Waals surface area contributed by atoms with Gasteiger partial charge in [0.25, 0.3) is 0 Å². The molecule has 256 valence electrons. The van der Waals surface area contributed by atoms with E-state index in [1.807, 2.05) is 0 Å². The third-order valence-electron chi connectivity index (χ3n) is 9.77. The number of halogens is 7. The molecule has 0 N–H and O–H groups in total. The van der Waals surface area contributed by atoms with Gasteiger partial charge in [-0.2, -0.15) is 8.78 Å². The minimum atomic E-state index is -5.05. The van der Waals surface area contributed by atoms with Gasteiger partial charge in [0, 0.05) is 17.4 Å². The van der Waals surface area contributed by atoms with Crippen molar-refractivity contribution in [3.8, 4) is 16.9 Å². The number of unbranched alkanes of at least 4 members (excludes halogenated alkanes) is 2. The second-order valence-electron chi connectivity index (χ2n) is 13.1. The second kappa shape index (κ2) is 15.2. The van der Waals surface area contributed by atoms with E-state index < -0.39 is 41.9 Å². The minimum absolute atomic E-state index is 0.0285. The first-order valence-electron chi connectivity index (χ1n) is 16.6. The van der Waals surface area contributed by atoms with Crippen LogP contribution in [0, 0.1) is 29.4 Å². The van der Waals surface area contributed by atoms with Gasteiger partial charge in [-0.25, -0.2) is 8.78 Å². The van der Waals surface area contributed by atoms with Crippen LogP contribution in [0.5, 0.6) is 5.75 Å². The Morgan fingerprint density at radius 1 is 0.783 bits per heavy atom. The summed E-state index contributed by atoms with van der Waals surface area (Å²) >= 11 is 0. The van der Waals surface area contributed by atoms with E-state index in [4.69, 9.17) is 14.2 Å². The summed E-state index contributed by atoms with van der Waals surface area (Å²) < 4.78 is 118. The molecule has 0 bridgehead atoms. The third kappa shape index (κ3) is 9.16. The van der Waals surface area contributed by atoms with Gasteiger partial charge in [-0.3, -0.25) is 0 Å². The maximum absolute atomic E-state index is 15.3. The Morgan fingerprint density at radius 3 is 2.09 bits per heavy atom. The molecule has 4 nitrogen and oxygen atoms in total. The molecule has 46 heavy (non-hydrogen) atoms. The summed E-state index contributed by atoms with van der Waals surface area (Å²) in [5.41, 5.74) is 0.775. The largest absolute Gasteiger partial charge is 0.573 e. The Hall–Kier alpha value is -2.37. The second-order valence-corrected chi connectivity index (χ2v) is 13.1. The Bertz CT molecular complexity index is 1260. The number of benzene rings is 2. The zero-order chi connectivity index (χ0) is 32.9. The van der Waals surface area contributed by atoms with Crippen LogP contribution in [0.3, 0.4) is 0 Å². The third-order valence-corrected chi connectivity index (χ3v) is 9.77. The van der Waals surface area contributed by atoms with Crippen molar-refractivity contribution in [3.63, 3.8) is 0 Å². The molecule has 3 fully saturated rings. The first-order valence-corrected chi connectivity index (χ1v) is 16.6. The van der Waals surface area contributed by atoms with E-state index in [1.165, 1.54) is 31.4 Å². The van der Waals surface area contributed by atoms with E-state index in [0.29, 0.717) is 76.1 Å². The van der Waals surface area contributed by atoms with Gasteiger partial charge >= 0.3 is 12.5 Å². The summed E-state index contributed by atoms with van der Waals surface area (Å²) in [5.74, 6) is -3.31. The molecular formula is C35H43F7O4. The van der Waals surface area contributed by atoms with E-state index in [2.05, 4.69) is 11.7 Å². The molecule has 0 amide bonds. The number of hydrogen-bond acceptors (Lipinski definition) is 4. The Morgan fingerprint density at radius 2 is 1.48 bits per heavy atom. The van der Waals surface area contributed by atoms with Crippen LogP contribution in [0.15, 0.2) is 36.4 Å². The van der Waals surface area contributed by atoms with E-state index in [1.54, 1.807) is 6.07 Å². The smallest absolute Gasteiger partial charge is 0.403 e. The molecule has 2 aliphatic carbocycles. The molecule has 1 saturated heterocycles. The summed E-state index contributed by atoms with van der Waals surface area (Å²) in [6.07, 6.45) is -0.715. The topological polar surface area (TPSA) is 36.9 Å². The molecule has 0 spiro atoms. The summed E-state index contributed by atoms with van der Waals surface area (Å²) in [4.78, 5) is 0. The van der Waals surface area contributed by atoms with Crippen molar-refractivity contribution in [2.75, 3.05) is 13.2 Å². The van der Waals surface area contributed by atoms with Crippen molar-refractivity contribution < 1.29 is 49.7 Å². The molecule has 3 aliphatic rings. The lowest BCUT2D eigenvalue weighted by molar-refractivity contribution is -0.305. The maximum atomic E-state index is 15.3. The summed E-state index contributed by atoms with van der Waals surface area (Å²) in [7, 11) is 0. The first kappa shape index (κ1) is 35.0. The number of hydrogen-bond donors (Lipinski definition) is 0. The van der Waals surface area contributed by atoms with Crippen LogP contribution in [0.1, 0.15) is 95.5 Å². The highest BCUT2D eigenvalue weighted by molar-refractivity contribution is 5.65. The fraction of sp³-hybridized carbons (Fsp3) is 0.657. The first-order chi connectivity index (χ1) is 21.9. The molecule has 0 atom stereocenters. The lowest BCUT2D eigenvalue weighted by atomic mass is 9.80. The van der Waals surface area contributed by atoms with Crippen LogP contribution >= 0.6 is 0 Å². The molecule has 11 heteroatoms. The normalized spacial score (nSPS) is 27.8. The SMILES string of the molecule is CCCCCC1COC(C2CCC(C(F)(F)OC3CCC(c4ccc(-c5ccc(OC(F)(F)F)c(F)c5)c(F)c4)CC3)CC2)OC1. The summed E-state index contributed by atoms with van der Waals surface area (Å²) in [6.45, 7) is 3.52. The molecule has 0 unspecified atom stereocenters. The van der Waals surface area contributed by atoms with Gasteiger partial charge in [0.15, 0.2) is 17.9 Å². The number of rotatable bonds is 11. The fourth-order valence-electron chi connectivity index (χ4n) is 7.14. The fourth-order valence-corrected chi connectivity index (χ4v) is 7.14. The zero-order valence-corrected chi connectivity index (χ0v) is 26.1. The predicted octanol–water partition coefficient (Wildman–Crippen LogP) is 10.5. The molecular weight excluding hydrogens is 617 g/mol. The molecule has 0 aromatic heterocycles. The lowest BCUT2D eigenvalue weighted by Gasteiger charge is -2.40. The van der Waals surface area contributed by atoms with Crippen molar-refractivity contribution in [1.29, 1.82) is 0 Å². The number of ether oxygens (including phenoxy) is 4. The van der Waals surface area contributed by atoms with E-state index in [0.717, 1.165) is 24.6 Å². The zero-order valence-electron chi connectivity index (χ0n) is 26.1. The molecule has 2 saturated carbocycles. The van der Waals surface area contributed by atoms with E-state index in [-0.39, 0.29) is 29.3 Å². The quantitative estimate of drug-likeness (QED) is 0.178. The highest BCUT2D eigenvalue weighted by atomic mass is 19.4. The number of alkyl halides is 5. The summed E-state index contributed by atoms with van der Waals surface area (Å²) in [6, 6.07) is 7.19. The van der Waals surface area contributed by atoms with Gasteiger partial charge in [-0.05, 0) is 93.0 Å². The van der Waals surface area contributed by atoms with Gasteiger partial charge < -0.3 is 18.9 Å². The summed E-state index contributed by atoms with van der Waals surface area (Å²) in [5, 5.41) is 0. The Labute approximate surface area is 265 Å². The van der Waals surface area contributed by atoms with Crippen LogP contribution in [0.2, 0.25) is 0 Å². The average Bonchev–Trinajstić information content (AvgIpc) is 3.02. The van der Waals surface area contributed by atoms with Crippen LogP contribution in [0.4, 0.5) is 30.7 Å². The standard InChI is InChI=1S/C35H43F7O4/c1-2-3-4-5-22-20-43-33(44-21-22)24-6-12-27(13-7-24)34(38,39)45-28-14-8-23(9-15-28)25-10-16-29(30(36)18-25)26-11-17-32(31(37)19-26)46-35(40,41)42/h10-11,16-19,22-24,27-28,33H,2-9,12-15,20-21H2,1H3. The van der Waals surface area contributed by atoms with Crippen molar-refractivity contribution in [3.05, 3.63) is 53.6 Å². The van der Waals surface area contributed by atoms with E-state index in [9.17, 15) is 17.6 Å². The van der Waals surface area contributed by atoms with Crippen LogP contribution in [-0.2, 0) is 14.2 Å². The molecule has 2 aromatic rings. The van der Waals surface area contributed by atoms with Crippen LogP contribution in [0.25, 0.3) is 11.1 Å². The Balaban J connectivity index is 1.07. The van der Waals surface area contributed by atoms with Crippen LogP contribution in [-0.4, -0.2) is 38.1 Å². The molecule has 0 radical (unpaired) electrons. The van der Waals surface area contributed by atoms with Crippen molar-refractivity contribution in [1.82, 2.24) is 0 Å². The van der Waals surface area contributed by atoms with Gasteiger partial charge in [-0.15, -0.1) is 13.2 Å². The van der Waals surface area contributed by atoms with Crippen LogP contribution < -0.4 is 4.74 Å².